The van der Waals surface area contributed by atoms with Crippen molar-refractivity contribution in [2.45, 2.75) is 324 Å². The lowest BCUT2D eigenvalue weighted by Crippen LogP contribution is -2.55. The van der Waals surface area contributed by atoms with Crippen LogP contribution in [0.4, 0.5) is 0 Å². The van der Waals surface area contributed by atoms with Gasteiger partial charge in [0.05, 0.1) is 65.8 Å². The summed E-state index contributed by atoms with van der Waals surface area (Å²) in [5.41, 5.74) is 37.0. The van der Waals surface area contributed by atoms with Gasteiger partial charge in [-0.05, 0) is 105 Å². The molecule has 0 radical (unpaired) electrons. The van der Waals surface area contributed by atoms with Crippen molar-refractivity contribution in [3.05, 3.63) is 173 Å². The largest absolute Gasteiger partial charge is 0.107 e. The molecule has 2 fully saturated rings. The second kappa shape index (κ2) is 88.2. The average molecular weight is 2020 g/mol. The highest BCUT2D eigenvalue weighted by Gasteiger charge is 2.45. The molecule has 0 aromatic rings. The standard InChI is InChI=1S/C10H22Si2.C9H24Si3.2C8H18Si2.C8H22Si2.C7H16Si.C6H14Si.C6H10Si.C5H12Si.C5H10Si.C3H12Si3.C2H10Si2.CH12Si4.CH10Si3.CH8Si2/c1-7-11(3,4)9-10-12(5,6)8-2;1-10(2)7-11(3,4)9-12(5,6)8-10;1-7-9(3,4)10(5,6)8-2;1-5-9(3)7-8-10(4)6-2;9-7-5-3-1-2-4-6-8-10;1-5-6-7-8(2,3)4;1-5-6-7(2,3)4;1-4-7(5-2)6-3;1-5-6(2,3)4;1-4-6(3)5-2;1-4-2-6-3-5-1;3-1-2-4;2-1(3,4)5;2-1(3)4;2-1-3/h7-8H,1-2,9-10H2,3-6H3;7-9H2,1-6H3;7-8H,1-2H2,3-6H3;5-6,9-10H,1-2,7-8H2,3-4H3;1-8H2,9-10H3;5H,1,6-7H2,2-4H3;5H,1,6H2,2-4H3;4-7H,1-3H2;5H,1H2,2-4H3;4-6H,1-2H2,3H3;1-6H2;1-2H2,3-4H3;2-5H3;1H,2-4H3;1H2,2-3H3. The van der Waals surface area contributed by atoms with Crippen LogP contribution in [0.1, 0.15) is 44.9 Å². The zero-order valence-corrected chi connectivity index (χ0v) is 129. The molecule has 0 amide bonds. The molecule has 110 heavy (non-hydrogen) atoms. The zero-order chi connectivity index (χ0) is 90.4. The van der Waals surface area contributed by atoms with Crippen molar-refractivity contribution < 1.29 is 0 Å². The van der Waals surface area contributed by atoms with E-state index in [2.05, 4.69) is 302 Å². The van der Waals surface area contributed by atoms with Gasteiger partial charge in [-0.15, -0.1) is 143 Å². The molecule has 0 bridgehead atoms. The summed E-state index contributed by atoms with van der Waals surface area (Å²) < 4.78 is 1.06. The van der Waals surface area contributed by atoms with E-state index in [0.717, 1.165) is 3.91 Å². The number of rotatable bonds is 32. The van der Waals surface area contributed by atoms with Gasteiger partial charge in [0, 0.05) is 110 Å². The third-order valence-electron chi connectivity index (χ3n) is 17.9. The second-order valence-corrected chi connectivity index (χ2v) is 170. The van der Waals surface area contributed by atoms with E-state index in [4.69, 9.17) is 0 Å². The van der Waals surface area contributed by atoms with Gasteiger partial charge in [0.25, 0.3) is 0 Å². The monoisotopic (exact) mass is 2020 g/mol. The first-order chi connectivity index (χ1) is 49.8. The summed E-state index contributed by atoms with van der Waals surface area (Å²) in [5, 5.41) is 0. The first-order valence-electron chi connectivity index (χ1n) is 44.6. The molecule has 2 saturated heterocycles. The van der Waals surface area contributed by atoms with Gasteiger partial charge in [0.2, 0.25) is 0 Å². The average Bonchev–Trinajstić information content (AvgIpc) is 0.794. The van der Waals surface area contributed by atoms with Crippen LogP contribution in [0.5, 0.6) is 0 Å². The third-order valence-corrected chi connectivity index (χ3v) is 93.1. The lowest BCUT2D eigenvalue weighted by Gasteiger charge is -2.46. The predicted octanol–water partition coefficient (Wildman–Crippen LogP) is 11.3. The smallest absolute Gasteiger partial charge is 0.107 e. The van der Waals surface area contributed by atoms with Crippen molar-refractivity contribution in [1.29, 1.82) is 0 Å². The van der Waals surface area contributed by atoms with Gasteiger partial charge in [-0.3, -0.25) is 0 Å². The molecule has 2 heterocycles. The maximum Gasteiger partial charge on any atom is 0.107 e. The van der Waals surface area contributed by atoms with Crippen molar-refractivity contribution in [3.63, 3.8) is 0 Å². The molecule has 2 rings (SSSR count). The van der Waals surface area contributed by atoms with Gasteiger partial charge in [0.15, 0.2) is 0 Å². The highest BCUT2D eigenvalue weighted by atomic mass is 29.3. The Morgan fingerprint density at radius 2 is 0.636 bits per heavy atom. The van der Waals surface area contributed by atoms with E-state index in [1.807, 2.05) is 57.7 Å². The Morgan fingerprint density at radius 1 is 0.382 bits per heavy atom. The first-order valence-corrected chi connectivity index (χ1v) is 111. The van der Waals surface area contributed by atoms with E-state index in [-0.39, 0.29) is 0 Å². The van der Waals surface area contributed by atoms with E-state index in [1.165, 1.54) is 249 Å². The lowest BCUT2D eigenvalue weighted by atomic mass is 10.1. The van der Waals surface area contributed by atoms with Crippen molar-refractivity contribution in [1.82, 2.24) is 0 Å². The minimum Gasteiger partial charge on any atom is -0.107 e. The van der Waals surface area contributed by atoms with Gasteiger partial charge in [0.1, 0.15) is 8.80 Å². The fraction of sp³-hybridized carbons (Fsp3) is 0.650. The molecular weight excluding hydrogens is 1800 g/mol. The number of hydrogen-bond acceptors (Lipinski definition) is 0. The summed E-state index contributed by atoms with van der Waals surface area (Å²) >= 11 is 0. The highest BCUT2D eigenvalue weighted by Crippen LogP contribution is 2.40. The minimum absolute atomic E-state index is 0.501. The van der Waals surface area contributed by atoms with Crippen LogP contribution in [0.15, 0.2) is 173 Å². The summed E-state index contributed by atoms with van der Waals surface area (Å²) in [7, 11) is 9.36. The van der Waals surface area contributed by atoms with Crippen LogP contribution < -0.4 is 0 Å². The zero-order valence-electron chi connectivity index (χ0n) is 84.5. The fourth-order valence-corrected chi connectivity index (χ4v) is 82.0. The quantitative estimate of drug-likeness (QED) is 0.0358. The maximum absolute atomic E-state index is 3.91. The normalized spacial score (nSPS) is 15.8. The van der Waals surface area contributed by atoms with Crippen LogP contribution >= 0.6 is 0 Å². The van der Waals surface area contributed by atoms with Crippen molar-refractivity contribution in [2.75, 3.05) is 0 Å². The van der Waals surface area contributed by atoms with Gasteiger partial charge in [-0.1, -0.05) is 341 Å². The van der Waals surface area contributed by atoms with E-state index < -0.39 is 115 Å². The molecule has 0 nitrogen and oxygen atoms in total. The molecule has 0 aliphatic carbocycles. The summed E-state index contributed by atoms with van der Waals surface area (Å²) in [6.45, 7) is 115. The Balaban J connectivity index is -0.0000000844. The SMILES string of the molecule is C1[SiH2]C[SiH2]C[SiH2]1.C=CCC[Si](C)(C)C.C=CC[Si](C)(C)C.C=C[SiH](C)C=C.C=C[SiH](C)CC[SiH](C)C=C.C=C[SiH](C=C)C=C.C=C[Si](C)(C)C.C=C[Si](C)(C)CC[Si](C)(C)C=C.C=C[Si](C)(C)[Si](C)(C)C=C.C[Si]1(C)C[Si](C)(C)C[Si](C)(C)C1.[SiH3]C([SiH3])([SiH3])[SiH3].[SiH3]C([SiH3])[SiH3].[SiH3]CCCCCCCC[SiH3].[SiH3]CC[SiH3].[SiH3]C[SiH3]. The van der Waals surface area contributed by atoms with Gasteiger partial charge in [-0.25, -0.2) is 0 Å². The lowest BCUT2D eigenvalue weighted by molar-refractivity contribution is 0.624. The van der Waals surface area contributed by atoms with Crippen LogP contribution in [0.2, 0.25) is 279 Å². The topological polar surface area (TPSA) is 0 Å². The van der Waals surface area contributed by atoms with Gasteiger partial charge >= 0.3 is 0 Å². The summed E-state index contributed by atoms with van der Waals surface area (Å²) in [6.07, 6.45) is 14.3. The minimum atomic E-state index is -1.12. The Kier molecular flexibility index (Phi) is 114. The Bertz CT molecular complexity index is 2010. The predicted molar refractivity (Wildman–Crippen MR) is 657 cm³/mol. The second-order valence-electron chi connectivity index (χ2n) is 42.1. The maximum atomic E-state index is 3.91. The molecule has 2 atom stereocenters. The molecule has 0 saturated carbocycles. The molecule has 658 valence electrons. The number of hydrogen-bond donors (Lipinski definition) is 0. The molecule has 2 aliphatic rings. The molecule has 0 aromatic carbocycles. The van der Waals surface area contributed by atoms with Gasteiger partial charge in [-0.2, -0.15) is 0 Å². The Labute approximate surface area is 764 Å². The summed E-state index contributed by atoms with van der Waals surface area (Å²) in [5.74, 6) is 0. The third kappa shape index (κ3) is 152. The van der Waals surface area contributed by atoms with Crippen molar-refractivity contribution in [3.8, 4) is 0 Å². The molecule has 0 N–H and O–H groups in total. The van der Waals surface area contributed by atoms with E-state index >= 15 is 0 Å². The number of unbranched alkanes of at least 4 members (excludes halogenated alkanes) is 5. The van der Waals surface area contributed by atoms with Gasteiger partial charge < -0.3 is 0 Å². The molecule has 30 heteroatoms. The van der Waals surface area contributed by atoms with Crippen LogP contribution in [0, 0.1) is 0 Å². The van der Waals surface area contributed by atoms with E-state index in [0.29, 0.717) is 28.6 Å². The molecule has 2 aliphatic heterocycles. The summed E-state index contributed by atoms with van der Waals surface area (Å²) in [4.78, 5) is 1.25. The first kappa shape index (κ1) is 142. The number of allylic oxidation sites excluding steroid dienone is 2. The van der Waals surface area contributed by atoms with Crippen LogP contribution in [0.3, 0.4) is 0 Å². The molecule has 2 unspecified atom stereocenters. The van der Waals surface area contributed by atoms with Crippen molar-refractivity contribution in [2.24, 2.45) is 0 Å². The van der Waals surface area contributed by atoms with Crippen LogP contribution in [-0.4, -0.2) is 277 Å². The molecular formula is C80H218Si30. The Hall–Kier alpha value is 2.87. The van der Waals surface area contributed by atoms with Crippen LogP contribution in [0.25, 0.3) is 0 Å². The fourth-order valence-electron chi connectivity index (χ4n) is 9.83. The Morgan fingerprint density at radius 3 is 0.745 bits per heavy atom. The van der Waals surface area contributed by atoms with Crippen LogP contribution in [-0.2, 0) is 0 Å². The highest BCUT2D eigenvalue weighted by molar-refractivity contribution is 7.44. The molecule has 0 spiro atoms. The van der Waals surface area contributed by atoms with E-state index in [9.17, 15) is 0 Å². The molecule has 0 aromatic heterocycles. The summed E-state index contributed by atoms with van der Waals surface area (Å²) in [6, 6.07) is 14.3. The van der Waals surface area contributed by atoms with Crippen molar-refractivity contribution >= 4 is 277 Å². The van der Waals surface area contributed by atoms with E-state index in [1.54, 1.807) is 17.0 Å².